The first kappa shape index (κ1) is 29.5. The van der Waals surface area contributed by atoms with Gasteiger partial charge in [-0.25, -0.2) is 4.90 Å². The fraction of sp³-hybridized carbons (Fsp3) is 0.147. The fourth-order valence-corrected chi connectivity index (χ4v) is 5.50. The molecule has 1 heterocycles. The maximum atomic E-state index is 13.9. The van der Waals surface area contributed by atoms with Crippen LogP contribution < -0.4 is 25.0 Å². The van der Waals surface area contributed by atoms with Gasteiger partial charge in [-0.05, 0) is 85.1 Å². The number of amides is 3. The van der Waals surface area contributed by atoms with Crippen LogP contribution >= 0.6 is 11.8 Å². The highest BCUT2D eigenvalue weighted by Crippen LogP contribution is 2.41. The molecule has 4 aromatic rings. The molecule has 9 heteroatoms. The van der Waals surface area contributed by atoms with Crippen LogP contribution in [0.4, 0.5) is 17.1 Å². The van der Waals surface area contributed by atoms with Gasteiger partial charge in [0.15, 0.2) is 0 Å². The number of rotatable bonds is 11. The molecule has 0 unspecified atom stereocenters. The minimum Gasteiger partial charge on any atom is -0.497 e. The molecule has 8 nitrogen and oxygen atoms in total. The summed E-state index contributed by atoms with van der Waals surface area (Å²) in [7, 11) is 3.08. The zero-order valence-electron chi connectivity index (χ0n) is 24.0. The van der Waals surface area contributed by atoms with Crippen LogP contribution in [0.25, 0.3) is 0 Å². The monoisotopic (exact) mass is 593 g/mol. The van der Waals surface area contributed by atoms with E-state index in [1.54, 1.807) is 55.6 Å². The normalized spacial score (nSPS) is 12.9. The standard InChI is InChI=1S/C34H31N3O5S/c1-22-9-19-29(42-3)28(21-22)37-33(39)31(36-25-11-15-26(41-2)16-12-25)32(34(37)40)43-27-17-13-24(14-18-27)35-30(38)20-10-23-7-5-4-6-8-23/h4-9,11-19,21,36H,10,20H2,1-3H3,(H,35,38). The maximum Gasteiger partial charge on any atom is 0.283 e. The van der Waals surface area contributed by atoms with Crippen molar-refractivity contribution in [3.8, 4) is 11.5 Å². The van der Waals surface area contributed by atoms with Gasteiger partial charge in [0.05, 0.1) is 19.9 Å². The second-order valence-corrected chi connectivity index (χ2v) is 10.9. The topological polar surface area (TPSA) is 97.0 Å². The lowest BCUT2D eigenvalue weighted by Gasteiger charge is -2.19. The third-order valence-corrected chi connectivity index (χ3v) is 7.91. The zero-order valence-corrected chi connectivity index (χ0v) is 24.9. The Labute approximate surface area is 254 Å². The van der Waals surface area contributed by atoms with Crippen molar-refractivity contribution in [2.24, 2.45) is 0 Å². The summed E-state index contributed by atoms with van der Waals surface area (Å²) < 4.78 is 10.7. The first-order valence-electron chi connectivity index (χ1n) is 13.7. The molecule has 0 saturated carbocycles. The van der Waals surface area contributed by atoms with Gasteiger partial charge in [0.25, 0.3) is 11.8 Å². The summed E-state index contributed by atoms with van der Waals surface area (Å²) >= 11 is 1.18. The van der Waals surface area contributed by atoms with Gasteiger partial charge >= 0.3 is 0 Å². The van der Waals surface area contributed by atoms with Crippen molar-refractivity contribution >= 4 is 46.5 Å². The summed E-state index contributed by atoms with van der Waals surface area (Å²) in [6, 6.07) is 29.5. The van der Waals surface area contributed by atoms with Crippen LogP contribution in [0.1, 0.15) is 17.5 Å². The van der Waals surface area contributed by atoms with Crippen LogP contribution in [0.2, 0.25) is 0 Å². The molecular formula is C34H31N3O5S. The molecule has 0 aromatic heterocycles. The number of anilines is 3. The number of aryl methyl sites for hydroxylation is 2. The third-order valence-electron chi connectivity index (χ3n) is 6.82. The Kier molecular flexibility index (Phi) is 9.12. The number of ether oxygens (including phenoxy) is 2. The first-order valence-corrected chi connectivity index (χ1v) is 14.5. The number of nitrogens with zero attached hydrogens (tertiary/aromatic N) is 1. The quantitative estimate of drug-likeness (QED) is 0.190. The molecular weight excluding hydrogens is 562 g/mol. The molecule has 0 aliphatic carbocycles. The first-order chi connectivity index (χ1) is 20.9. The van der Waals surface area contributed by atoms with Crippen molar-refractivity contribution in [2.45, 2.75) is 24.7 Å². The van der Waals surface area contributed by atoms with E-state index in [9.17, 15) is 14.4 Å². The number of benzene rings is 4. The minimum absolute atomic E-state index is 0.0859. The molecule has 0 atom stereocenters. The molecule has 1 aliphatic rings. The molecule has 43 heavy (non-hydrogen) atoms. The van der Waals surface area contributed by atoms with Gasteiger partial charge in [-0.15, -0.1) is 0 Å². The van der Waals surface area contributed by atoms with Crippen LogP contribution in [-0.2, 0) is 20.8 Å². The number of carbonyl (C=O) groups is 3. The molecule has 0 radical (unpaired) electrons. The summed E-state index contributed by atoms with van der Waals surface area (Å²) in [5.41, 5.74) is 3.78. The second kappa shape index (κ2) is 13.3. The minimum atomic E-state index is -0.491. The lowest BCUT2D eigenvalue weighted by Crippen LogP contribution is -2.32. The van der Waals surface area contributed by atoms with Gasteiger partial charge in [-0.2, -0.15) is 0 Å². The summed E-state index contributed by atoms with van der Waals surface area (Å²) in [6.07, 6.45) is 1.01. The van der Waals surface area contributed by atoms with E-state index >= 15 is 0 Å². The van der Waals surface area contributed by atoms with Crippen molar-refractivity contribution in [3.63, 3.8) is 0 Å². The van der Waals surface area contributed by atoms with Crippen LogP contribution in [-0.4, -0.2) is 31.9 Å². The van der Waals surface area contributed by atoms with Crippen molar-refractivity contribution in [1.82, 2.24) is 0 Å². The van der Waals surface area contributed by atoms with Gasteiger partial charge in [-0.3, -0.25) is 14.4 Å². The van der Waals surface area contributed by atoms with Gasteiger partial charge in [0.1, 0.15) is 22.1 Å². The largest absolute Gasteiger partial charge is 0.497 e. The zero-order chi connectivity index (χ0) is 30.3. The predicted molar refractivity (Wildman–Crippen MR) is 170 cm³/mol. The van der Waals surface area contributed by atoms with Crippen molar-refractivity contribution in [1.29, 1.82) is 0 Å². The Morgan fingerprint density at radius 2 is 1.51 bits per heavy atom. The number of carbonyl (C=O) groups excluding carboxylic acids is 3. The van der Waals surface area contributed by atoms with Crippen LogP contribution in [0.5, 0.6) is 11.5 Å². The Morgan fingerprint density at radius 3 is 2.19 bits per heavy atom. The van der Waals surface area contributed by atoms with E-state index in [1.165, 1.54) is 18.9 Å². The molecule has 4 aromatic carbocycles. The summed E-state index contributed by atoms with van der Waals surface area (Å²) in [4.78, 5) is 42.3. The highest BCUT2D eigenvalue weighted by Gasteiger charge is 2.41. The summed E-state index contributed by atoms with van der Waals surface area (Å²) in [6.45, 7) is 1.88. The average molecular weight is 594 g/mol. The Bertz CT molecular complexity index is 1670. The second-order valence-electron chi connectivity index (χ2n) is 9.84. The SMILES string of the molecule is COc1ccc(NC2=C(Sc3ccc(NC(=O)CCc4ccccc4)cc3)C(=O)N(c3cc(C)ccc3OC)C2=O)cc1. The van der Waals surface area contributed by atoms with Crippen molar-refractivity contribution < 1.29 is 23.9 Å². The molecule has 0 spiro atoms. The fourth-order valence-electron chi connectivity index (χ4n) is 4.58. The van der Waals surface area contributed by atoms with Crippen molar-refractivity contribution in [2.75, 3.05) is 29.8 Å². The Hall–Kier alpha value is -5.02. The smallest absolute Gasteiger partial charge is 0.283 e. The molecule has 0 fully saturated rings. The van der Waals surface area contributed by atoms with Gasteiger partial charge in [0, 0.05) is 22.7 Å². The number of thioether (sulfide) groups is 1. The Balaban J connectivity index is 1.37. The van der Waals surface area contributed by atoms with E-state index in [2.05, 4.69) is 10.6 Å². The van der Waals surface area contributed by atoms with E-state index < -0.39 is 11.8 Å². The van der Waals surface area contributed by atoms with E-state index in [-0.39, 0.29) is 16.5 Å². The maximum absolute atomic E-state index is 13.9. The summed E-state index contributed by atoms with van der Waals surface area (Å²) in [5, 5.41) is 6.07. The molecule has 1 aliphatic heterocycles. The molecule has 0 saturated heterocycles. The van der Waals surface area contributed by atoms with Crippen molar-refractivity contribution in [3.05, 3.63) is 119 Å². The lowest BCUT2D eigenvalue weighted by molar-refractivity contribution is -0.120. The molecule has 5 rings (SSSR count). The number of imide groups is 1. The predicted octanol–water partition coefficient (Wildman–Crippen LogP) is 6.57. The van der Waals surface area contributed by atoms with Gasteiger partial charge < -0.3 is 20.1 Å². The molecule has 218 valence electrons. The molecule has 3 amide bonds. The van der Waals surface area contributed by atoms with E-state index in [4.69, 9.17) is 9.47 Å². The highest BCUT2D eigenvalue weighted by atomic mass is 32.2. The number of hydrogen-bond donors (Lipinski definition) is 2. The molecule has 0 bridgehead atoms. The third kappa shape index (κ3) is 6.90. The van der Waals surface area contributed by atoms with Gasteiger partial charge in [-0.1, -0.05) is 48.2 Å². The molecule has 2 N–H and O–H groups in total. The lowest BCUT2D eigenvalue weighted by atomic mass is 10.1. The number of nitrogens with one attached hydrogen (secondary N) is 2. The number of hydrogen-bond acceptors (Lipinski definition) is 7. The van der Waals surface area contributed by atoms with Crippen LogP contribution in [0.3, 0.4) is 0 Å². The van der Waals surface area contributed by atoms with E-state index in [0.717, 1.165) is 20.9 Å². The van der Waals surface area contributed by atoms with Crippen LogP contribution in [0.15, 0.2) is 113 Å². The van der Waals surface area contributed by atoms with Gasteiger partial charge in [0.2, 0.25) is 5.91 Å². The summed E-state index contributed by atoms with van der Waals surface area (Å²) in [5.74, 6) is 0.0380. The van der Waals surface area contributed by atoms with E-state index in [0.29, 0.717) is 41.4 Å². The van der Waals surface area contributed by atoms with E-state index in [1.807, 2.05) is 55.5 Å². The average Bonchev–Trinajstić information content (AvgIpc) is 3.25. The van der Waals surface area contributed by atoms with Crippen LogP contribution in [0, 0.1) is 6.92 Å². The Morgan fingerprint density at radius 1 is 0.814 bits per heavy atom. The highest BCUT2D eigenvalue weighted by molar-refractivity contribution is 8.04. The number of methoxy groups -OCH3 is 2.